The van der Waals surface area contributed by atoms with Gasteiger partial charge in [-0.2, -0.15) is 0 Å². The summed E-state index contributed by atoms with van der Waals surface area (Å²) in [7, 11) is 1.97. The topological polar surface area (TPSA) is 3.24 Å². The lowest BCUT2D eigenvalue weighted by atomic mass is 10.3. The Balaban J connectivity index is 2.05. The summed E-state index contributed by atoms with van der Waals surface area (Å²) < 4.78 is 0. The van der Waals surface area contributed by atoms with Crippen molar-refractivity contribution in [2.24, 2.45) is 0 Å². The summed E-state index contributed by atoms with van der Waals surface area (Å²) in [6.07, 6.45) is 0. The molecule has 0 unspecified atom stereocenters. The zero-order valence-corrected chi connectivity index (χ0v) is 15.2. The van der Waals surface area contributed by atoms with Gasteiger partial charge in [-0.3, -0.25) is 0 Å². The fraction of sp³-hybridized carbons (Fsp3) is 0.0476. The van der Waals surface area contributed by atoms with Crippen molar-refractivity contribution in [2.75, 3.05) is 11.9 Å². The van der Waals surface area contributed by atoms with Gasteiger partial charge in [0.25, 0.3) is 0 Å². The molecule has 0 spiro atoms. The SMILES string of the molecule is CN(C#CP(=S)(c1ccccc1)c1ccccc1)c1ccccc1. The molecule has 24 heavy (non-hydrogen) atoms. The molecule has 0 radical (unpaired) electrons. The first-order valence-electron chi connectivity index (χ1n) is 7.73. The molecule has 3 rings (SSSR count). The second-order valence-corrected chi connectivity index (χ2v) is 9.52. The highest BCUT2D eigenvalue weighted by molar-refractivity contribution is 8.24. The van der Waals surface area contributed by atoms with Crippen molar-refractivity contribution in [1.82, 2.24) is 0 Å². The zero-order chi connectivity index (χ0) is 16.8. The van der Waals surface area contributed by atoms with Crippen molar-refractivity contribution in [3.63, 3.8) is 0 Å². The van der Waals surface area contributed by atoms with Crippen molar-refractivity contribution in [2.45, 2.75) is 0 Å². The van der Waals surface area contributed by atoms with Crippen LogP contribution in [0.5, 0.6) is 0 Å². The average molecular weight is 347 g/mol. The van der Waals surface area contributed by atoms with E-state index in [0.717, 1.165) is 16.3 Å². The standard InChI is InChI=1S/C21H18NPS/c1-22(19-11-5-2-6-12-19)17-18-23(24,20-13-7-3-8-14-20)21-15-9-4-10-16-21/h2-16H,1H3. The van der Waals surface area contributed by atoms with Gasteiger partial charge >= 0.3 is 0 Å². The number of hydrogen-bond acceptors (Lipinski definition) is 2. The minimum atomic E-state index is -2.17. The number of para-hydroxylation sites is 1. The summed E-state index contributed by atoms with van der Waals surface area (Å²) in [5, 5.41) is 2.25. The Labute approximate surface area is 149 Å². The van der Waals surface area contributed by atoms with Crippen LogP contribution in [-0.2, 0) is 11.8 Å². The molecule has 0 saturated carbocycles. The lowest BCUT2D eigenvalue weighted by molar-refractivity contribution is 1.25. The Hall–Kier alpha value is -2.33. The number of anilines is 1. The van der Waals surface area contributed by atoms with Gasteiger partial charge in [-0.15, -0.1) is 0 Å². The van der Waals surface area contributed by atoms with E-state index in [-0.39, 0.29) is 0 Å². The van der Waals surface area contributed by atoms with E-state index in [1.54, 1.807) is 0 Å². The summed E-state index contributed by atoms with van der Waals surface area (Å²) in [4.78, 5) is 1.94. The number of hydrogen-bond donors (Lipinski definition) is 0. The molecule has 0 N–H and O–H groups in total. The number of nitrogens with zero attached hydrogens (tertiary/aromatic N) is 1. The fourth-order valence-electron chi connectivity index (χ4n) is 2.42. The first kappa shape index (κ1) is 16.5. The lowest BCUT2D eigenvalue weighted by Gasteiger charge is -2.18. The molecule has 0 aliphatic rings. The quantitative estimate of drug-likeness (QED) is 0.397. The van der Waals surface area contributed by atoms with Crippen molar-refractivity contribution in [3.8, 4) is 11.7 Å². The van der Waals surface area contributed by atoms with Crippen LogP contribution in [-0.4, -0.2) is 7.05 Å². The third-order valence-electron chi connectivity index (χ3n) is 3.76. The Bertz CT molecular complexity index is 853. The highest BCUT2D eigenvalue weighted by Crippen LogP contribution is 2.42. The first-order chi connectivity index (χ1) is 11.7. The van der Waals surface area contributed by atoms with E-state index in [1.807, 2.05) is 78.7 Å². The molecule has 0 fully saturated rings. The van der Waals surface area contributed by atoms with Gasteiger partial charge in [0.2, 0.25) is 0 Å². The number of rotatable bonds is 3. The predicted molar refractivity (Wildman–Crippen MR) is 109 cm³/mol. The molecule has 0 aliphatic heterocycles. The van der Waals surface area contributed by atoms with Crippen LogP contribution in [0.1, 0.15) is 0 Å². The Morgan fingerprint density at radius 2 is 1.12 bits per heavy atom. The first-order valence-corrected chi connectivity index (χ1v) is 10.5. The maximum Gasteiger partial charge on any atom is 0.0798 e. The molecule has 0 saturated heterocycles. The van der Waals surface area contributed by atoms with E-state index >= 15 is 0 Å². The van der Waals surface area contributed by atoms with Crippen molar-refractivity contribution in [3.05, 3.63) is 91.0 Å². The van der Waals surface area contributed by atoms with Crippen LogP contribution in [0.3, 0.4) is 0 Å². The van der Waals surface area contributed by atoms with Gasteiger partial charge in [-0.25, -0.2) is 0 Å². The molecule has 3 heteroatoms. The van der Waals surface area contributed by atoms with Crippen LogP contribution in [0.4, 0.5) is 5.69 Å². The largest absolute Gasteiger partial charge is 0.304 e. The summed E-state index contributed by atoms with van der Waals surface area (Å²) >= 11 is 6.11. The molecule has 118 valence electrons. The molecule has 0 heterocycles. The molecular formula is C21H18NPS. The average Bonchev–Trinajstić information content (AvgIpc) is 2.68. The molecule has 0 amide bonds. The maximum absolute atomic E-state index is 6.11. The van der Waals surface area contributed by atoms with E-state index in [2.05, 4.69) is 36.0 Å². The fourth-order valence-corrected chi connectivity index (χ4v) is 5.30. The predicted octanol–water partition coefficient (Wildman–Crippen LogP) is 4.17. The van der Waals surface area contributed by atoms with E-state index in [9.17, 15) is 0 Å². The third-order valence-corrected chi connectivity index (χ3v) is 7.76. The normalized spacial score (nSPS) is 10.5. The van der Waals surface area contributed by atoms with Gasteiger partial charge in [-0.1, -0.05) is 90.7 Å². The highest BCUT2D eigenvalue weighted by atomic mass is 32.4. The molecule has 0 aliphatic carbocycles. The van der Waals surface area contributed by atoms with Gasteiger partial charge < -0.3 is 4.90 Å². The van der Waals surface area contributed by atoms with Gasteiger partial charge in [0.1, 0.15) is 0 Å². The van der Waals surface area contributed by atoms with Crippen LogP contribution in [0.15, 0.2) is 91.0 Å². The Morgan fingerprint density at radius 3 is 1.58 bits per heavy atom. The second kappa shape index (κ2) is 7.49. The third kappa shape index (κ3) is 3.60. The molecule has 3 aromatic carbocycles. The van der Waals surface area contributed by atoms with Crippen LogP contribution in [0, 0.1) is 11.7 Å². The summed E-state index contributed by atoms with van der Waals surface area (Å²) in [6, 6.07) is 31.7. The maximum atomic E-state index is 6.11. The van der Waals surface area contributed by atoms with E-state index in [4.69, 9.17) is 11.8 Å². The molecule has 0 atom stereocenters. The Kier molecular flexibility index (Phi) is 5.16. The molecule has 3 aromatic rings. The van der Waals surface area contributed by atoms with Gasteiger partial charge in [-0.05, 0) is 17.8 Å². The summed E-state index contributed by atoms with van der Waals surface area (Å²) in [5.41, 5.74) is 4.49. The Morgan fingerprint density at radius 1 is 0.708 bits per heavy atom. The number of benzene rings is 3. The summed E-state index contributed by atoms with van der Waals surface area (Å²) in [5.74, 6) is 0. The van der Waals surface area contributed by atoms with Crippen molar-refractivity contribution in [1.29, 1.82) is 0 Å². The minimum absolute atomic E-state index is 1.06. The van der Waals surface area contributed by atoms with Gasteiger partial charge in [0, 0.05) is 29.4 Å². The van der Waals surface area contributed by atoms with E-state index in [0.29, 0.717) is 0 Å². The van der Waals surface area contributed by atoms with Gasteiger partial charge in [0.15, 0.2) is 0 Å². The molecule has 0 bridgehead atoms. The molecular weight excluding hydrogens is 329 g/mol. The van der Waals surface area contributed by atoms with Crippen LogP contribution in [0.2, 0.25) is 0 Å². The monoisotopic (exact) mass is 347 g/mol. The summed E-state index contributed by atoms with van der Waals surface area (Å²) in [6.45, 7) is 0. The lowest BCUT2D eigenvalue weighted by Crippen LogP contribution is -2.15. The molecule has 1 nitrogen and oxygen atoms in total. The van der Waals surface area contributed by atoms with E-state index in [1.165, 1.54) is 0 Å². The van der Waals surface area contributed by atoms with Crippen LogP contribution >= 0.6 is 6.04 Å². The van der Waals surface area contributed by atoms with E-state index < -0.39 is 6.04 Å². The van der Waals surface area contributed by atoms with Crippen LogP contribution in [0.25, 0.3) is 0 Å². The zero-order valence-electron chi connectivity index (χ0n) is 13.5. The van der Waals surface area contributed by atoms with Gasteiger partial charge in [0.05, 0.1) is 6.04 Å². The van der Waals surface area contributed by atoms with Crippen molar-refractivity contribution < 1.29 is 0 Å². The molecule has 0 aromatic heterocycles. The van der Waals surface area contributed by atoms with Crippen LogP contribution < -0.4 is 15.5 Å². The second-order valence-electron chi connectivity index (χ2n) is 5.40. The minimum Gasteiger partial charge on any atom is -0.304 e. The highest BCUT2D eigenvalue weighted by Gasteiger charge is 2.19. The van der Waals surface area contributed by atoms with Crippen molar-refractivity contribution >= 4 is 34.1 Å². The smallest absolute Gasteiger partial charge is 0.0798 e.